The van der Waals surface area contributed by atoms with Crippen LogP contribution in [0.4, 0.5) is 10.1 Å². The number of hydrogen-bond donors (Lipinski definition) is 0. The molecule has 0 aromatic heterocycles. The van der Waals surface area contributed by atoms with Gasteiger partial charge in [0.1, 0.15) is 11.5 Å². The van der Waals surface area contributed by atoms with Crippen LogP contribution in [0.3, 0.4) is 0 Å². The molecule has 11 heteroatoms. The van der Waals surface area contributed by atoms with Crippen molar-refractivity contribution in [1.82, 2.24) is 0 Å². The van der Waals surface area contributed by atoms with Crippen molar-refractivity contribution in [2.75, 3.05) is 0 Å². The van der Waals surface area contributed by atoms with E-state index in [1.165, 1.54) is 12.1 Å². The highest BCUT2D eigenvalue weighted by Gasteiger charge is 2.27. The van der Waals surface area contributed by atoms with Crippen LogP contribution in [0.25, 0.3) is 0 Å². The third-order valence-corrected chi connectivity index (χ3v) is 4.56. The van der Waals surface area contributed by atoms with E-state index in [2.05, 4.69) is 14.6 Å². The largest absolute Gasteiger partial charge is 0.408 e. The molecule has 0 aliphatic carbocycles. The Morgan fingerprint density at radius 3 is 2.75 bits per heavy atom. The molecule has 1 aliphatic rings. The normalized spacial score (nSPS) is 17.4. The number of nitro groups is 1. The molecule has 0 saturated carbocycles. The van der Waals surface area contributed by atoms with E-state index in [1.54, 1.807) is 0 Å². The molecule has 0 radical (unpaired) electrons. The molecule has 1 aliphatic heterocycles. The Bertz CT molecular complexity index is 665. The standard InChI is InChI=1S/C9H3Cl2FN4O2S2/c10-5-3-4(1-2-6(5)12)13-14-9(16(17)18)7-8(11)15-20-19-7/h1-3H/b9-7+,14-13?. The first kappa shape index (κ1) is 15.2. The molecule has 0 unspecified atom stereocenters. The van der Waals surface area contributed by atoms with E-state index >= 15 is 0 Å². The van der Waals surface area contributed by atoms with Gasteiger partial charge in [0.05, 0.1) is 21.1 Å². The summed E-state index contributed by atoms with van der Waals surface area (Å²) in [5.74, 6) is -1.15. The number of benzene rings is 1. The third kappa shape index (κ3) is 3.48. The van der Waals surface area contributed by atoms with Crippen LogP contribution in [-0.2, 0) is 0 Å². The van der Waals surface area contributed by atoms with E-state index in [9.17, 15) is 14.5 Å². The van der Waals surface area contributed by atoms with Gasteiger partial charge in [0, 0.05) is 0 Å². The lowest BCUT2D eigenvalue weighted by Gasteiger charge is -1.95. The Labute approximate surface area is 129 Å². The Morgan fingerprint density at radius 1 is 1.45 bits per heavy atom. The first-order valence-corrected chi connectivity index (χ1v) is 7.68. The molecular formula is C9H3Cl2FN4O2S2. The maximum absolute atomic E-state index is 13.0. The number of azo groups is 1. The van der Waals surface area contributed by atoms with Crippen molar-refractivity contribution in [2.24, 2.45) is 14.6 Å². The van der Waals surface area contributed by atoms with Crippen LogP contribution in [0.5, 0.6) is 0 Å². The zero-order chi connectivity index (χ0) is 14.7. The molecule has 6 nitrogen and oxygen atoms in total. The summed E-state index contributed by atoms with van der Waals surface area (Å²) in [6, 6.07) is 3.58. The average Bonchev–Trinajstić information content (AvgIpc) is 2.80. The molecule has 1 aromatic rings. The van der Waals surface area contributed by atoms with Crippen LogP contribution in [0, 0.1) is 15.9 Å². The fourth-order valence-corrected chi connectivity index (χ4v) is 3.50. The van der Waals surface area contributed by atoms with Crippen LogP contribution < -0.4 is 0 Å². The van der Waals surface area contributed by atoms with E-state index in [0.29, 0.717) is 0 Å². The molecule has 0 saturated heterocycles. The lowest BCUT2D eigenvalue weighted by Crippen LogP contribution is -2.01. The number of hydrogen-bond acceptors (Lipinski definition) is 7. The Hall–Kier alpha value is -1.16. The maximum Gasteiger partial charge on any atom is 0.408 e. The topological polar surface area (TPSA) is 80.2 Å². The Kier molecular flexibility index (Phi) is 4.97. The highest BCUT2D eigenvalue weighted by molar-refractivity contribution is 8.78. The van der Waals surface area contributed by atoms with E-state index in [-0.39, 0.29) is 20.8 Å². The lowest BCUT2D eigenvalue weighted by molar-refractivity contribution is -0.426. The predicted octanol–water partition coefficient (Wildman–Crippen LogP) is 4.96. The van der Waals surface area contributed by atoms with Crippen LogP contribution in [0.1, 0.15) is 0 Å². The minimum atomic E-state index is -0.721. The SMILES string of the molecule is O=[N+]([O-])/C(N=Nc1ccc(F)c(Cl)c1)=C1/SSN=C1Cl. The molecule has 104 valence electrons. The molecule has 2 rings (SSSR count). The highest BCUT2D eigenvalue weighted by atomic mass is 35.5. The Balaban J connectivity index is 2.34. The summed E-state index contributed by atoms with van der Waals surface area (Å²) >= 11 is 11.3. The van der Waals surface area contributed by atoms with Crippen molar-refractivity contribution in [3.05, 3.63) is 49.9 Å². The van der Waals surface area contributed by atoms with Gasteiger partial charge < -0.3 is 10.1 Å². The van der Waals surface area contributed by atoms with Gasteiger partial charge in [-0.05, 0) is 39.0 Å². The zero-order valence-corrected chi connectivity index (χ0v) is 12.4. The first-order chi connectivity index (χ1) is 9.49. The van der Waals surface area contributed by atoms with Crippen LogP contribution >= 0.6 is 45.0 Å². The van der Waals surface area contributed by atoms with Crippen LogP contribution in [-0.4, -0.2) is 10.1 Å². The van der Waals surface area contributed by atoms with Gasteiger partial charge in [-0.2, -0.15) is 4.40 Å². The summed E-state index contributed by atoms with van der Waals surface area (Å²) in [4.78, 5) is 10.3. The third-order valence-electron chi connectivity index (χ3n) is 1.96. The van der Waals surface area contributed by atoms with Gasteiger partial charge in [0.15, 0.2) is 10.1 Å². The van der Waals surface area contributed by atoms with Crippen molar-refractivity contribution in [2.45, 2.75) is 0 Å². The summed E-state index contributed by atoms with van der Waals surface area (Å²) in [5, 5.41) is 18.0. The van der Waals surface area contributed by atoms with Gasteiger partial charge in [0.2, 0.25) is 0 Å². The van der Waals surface area contributed by atoms with Gasteiger partial charge in [-0.15, -0.1) is 0 Å². The number of rotatable bonds is 3. The number of nitrogens with zero attached hydrogens (tertiary/aromatic N) is 4. The molecule has 0 N–H and O–H groups in total. The lowest BCUT2D eigenvalue weighted by atomic mass is 10.3. The summed E-state index contributed by atoms with van der Waals surface area (Å²) in [5.41, 5.74) is 0.181. The van der Waals surface area contributed by atoms with Crippen molar-refractivity contribution >= 4 is 55.8 Å². The molecule has 0 spiro atoms. The van der Waals surface area contributed by atoms with E-state index < -0.39 is 16.6 Å². The molecule has 1 aromatic carbocycles. The molecule has 0 fully saturated rings. The smallest absolute Gasteiger partial charge is 0.358 e. The van der Waals surface area contributed by atoms with Crippen LogP contribution in [0.2, 0.25) is 5.02 Å². The molecule has 20 heavy (non-hydrogen) atoms. The van der Waals surface area contributed by atoms with Gasteiger partial charge in [-0.3, -0.25) is 0 Å². The monoisotopic (exact) mass is 352 g/mol. The fourth-order valence-electron chi connectivity index (χ4n) is 1.11. The summed E-state index contributed by atoms with van der Waals surface area (Å²) in [7, 11) is 2.01. The van der Waals surface area contributed by atoms with Crippen LogP contribution in [0.15, 0.2) is 43.6 Å². The van der Waals surface area contributed by atoms with Crippen molar-refractivity contribution < 1.29 is 9.31 Å². The quantitative estimate of drug-likeness (QED) is 0.253. The van der Waals surface area contributed by atoms with Crippen molar-refractivity contribution in [1.29, 1.82) is 0 Å². The summed E-state index contributed by atoms with van der Waals surface area (Å²) in [6.07, 6.45) is 0. The Morgan fingerprint density at radius 2 is 2.20 bits per heavy atom. The highest BCUT2D eigenvalue weighted by Crippen LogP contribution is 2.42. The molecule has 0 atom stereocenters. The van der Waals surface area contributed by atoms with E-state index in [0.717, 1.165) is 27.8 Å². The maximum atomic E-state index is 13.0. The second-order valence-corrected chi connectivity index (χ2v) is 5.87. The fraction of sp³-hybridized carbons (Fsp3) is 0. The van der Waals surface area contributed by atoms with Crippen molar-refractivity contribution in [3.8, 4) is 0 Å². The minimum Gasteiger partial charge on any atom is -0.358 e. The predicted molar refractivity (Wildman–Crippen MR) is 78.4 cm³/mol. The summed E-state index contributed by atoms with van der Waals surface area (Å²) < 4.78 is 16.7. The zero-order valence-electron chi connectivity index (χ0n) is 9.29. The summed E-state index contributed by atoms with van der Waals surface area (Å²) in [6.45, 7) is 0. The first-order valence-electron chi connectivity index (χ1n) is 4.82. The number of allylic oxidation sites excluding steroid dienone is 1. The van der Waals surface area contributed by atoms with Gasteiger partial charge in [-0.25, -0.2) is 4.39 Å². The van der Waals surface area contributed by atoms with E-state index in [1.807, 2.05) is 0 Å². The second-order valence-electron chi connectivity index (χ2n) is 3.25. The van der Waals surface area contributed by atoms with Crippen molar-refractivity contribution in [3.63, 3.8) is 0 Å². The minimum absolute atomic E-state index is 0.0113. The average molecular weight is 353 g/mol. The van der Waals surface area contributed by atoms with E-state index in [4.69, 9.17) is 23.2 Å². The van der Waals surface area contributed by atoms with Gasteiger partial charge in [-0.1, -0.05) is 23.2 Å². The molecule has 1 heterocycles. The molecule has 0 bridgehead atoms. The number of halogens is 3. The molecule has 0 amide bonds. The molecular weight excluding hydrogens is 350 g/mol. The van der Waals surface area contributed by atoms with Gasteiger partial charge in [0.25, 0.3) is 0 Å². The second kappa shape index (κ2) is 6.53. The van der Waals surface area contributed by atoms with Gasteiger partial charge >= 0.3 is 5.82 Å².